The summed E-state index contributed by atoms with van der Waals surface area (Å²) in [7, 11) is -2.64. The van der Waals surface area contributed by atoms with Crippen LogP contribution in [-0.2, 0) is 27.9 Å². The zero-order chi connectivity index (χ0) is 13.5. The Balaban J connectivity index is 5.12. The van der Waals surface area contributed by atoms with Crippen LogP contribution in [0.15, 0.2) is 0 Å². The van der Waals surface area contributed by atoms with E-state index in [0.717, 1.165) is 7.11 Å². The van der Waals surface area contributed by atoms with Crippen LogP contribution in [0.1, 0.15) is 20.8 Å². The van der Waals surface area contributed by atoms with E-state index in [2.05, 4.69) is 10.1 Å². The first-order valence-electron chi connectivity index (χ1n) is 5.15. The van der Waals surface area contributed by atoms with Crippen molar-refractivity contribution >= 4 is 19.5 Å². The topological polar surface area (TPSA) is 90.9 Å². The van der Waals surface area contributed by atoms with Gasteiger partial charge in [-0.25, -0.2) is 4.79 Å². The Morgan fingerprint density at radius 3 is 2.00 bits per heavy atom. The molecule has 0 radical (unpaired) electrons. The lowest BCUT2D eigenvalue weighted by atomic mass is 10.6. The van der Waals surface area contributed by atoms with E-state index < -0.39 is 25.3 Å². The predicted molar refractivity (Wildman–Crippen MR) is 60.5 cm³/mol. The number of carbonyl (C=O) groups excluding carboxylic acids is 2. The Labute approximate surface area is 100 Å². The Morgan fingerprint density at radius 2 is 1.71 bits per heavy atom. The smallest absolute Gasteiger partial charge is 0.364 e. The van der Waals surface area contributed by atoms with Gasteiger partial charge in [0.1, 0.15) is 0 Å². The van der Waals surface area contributed by atoms with Gasteiger partial charge in [-0.05, 0) is 13.8 Å². The van der Waals surface area contributed by atoms with Crippen LogP contribution < -0.4 is 5.32 Å². The van der Waals surface area contributed by atoms with E-state index >= 15 is 0 Å². The molecule has 7 nitrogen and oxygen atoms in total. The highest BCUT2D eigenvalue weighted by Crippen LogP contribution is 2.52. The largest absolute Gasteiger partial charge is 0.467 e. The molecule has 0 spiro atoms. The van der Waals surface area contributed by atoms with Gasteiger partial charge in [0.15, 0.2) is 0 Å². The lowest BCUT2D eigenvalue weighted by Crippen LogP contribution is -2.41. The van der Waals surface area contributed by atoms with Crippen LogP contribution in [0.4, 0.5) is 0 Å². The van der Waals surface area contributed by atoms with Crippen LogP contribution in [0.5, 0.6) is 0 Å². The highest BCUT2D eigenvalue weighted by atomic mass is 31.2. The third-order valence-corrected chi connectivity index (χ3v) is 3.91. The van der Waals surface area contributed by atoms with Crippen molar-refractivity contribution in [1.82, 2.24) is 5.32 Å². The number of rotatable bonds is 7. The van der Waals surface area contributed by atoms with Crippen molar-refractivity contribution in [2.24, 2.45) is 0 Å². The normalized spacial score (nSPS) is 12.9. The molecule has 0 aliphatic rings. The van der Waals surface area contributed by atoms with Crippen LogP contribution in [0.3, 0.4) is 0 Å². The van der Waals surface area contributed by atoms with Gasteiger partial charge in [0, 0.05) is 6.92 Å². The van der Waals surface area contributed by atoms with Crippen molar-refractivity contribution < 1.29 is 27.9 Å². The fourth-order valence-electron chi connectivity index (χ4n) is 1.12. The maximum atomic E-state index is 12.3. The van der Waals surface area contributed by atoms with Crippen molar-refractivity contribution in [1.29, 1.82) is 0 Å². The molecule has 8 heteroatoms. The number of amides is 1. The molecule has 0 heterocycles. The van der Waals surface area contributed by atoms with Gasteiger partial charge in [0.05, 0.1) is 20.3 Å². The molecule has 1 unspecified atom stereocenters. The summed E-state index contributed by atoms with van der Waals surface area (Å²) in [6.07, 6.45) is 0. The molecule has 0 fully saturated rings. The van der Waals surface area contributed by atoms with Gasteiger partial charge in [-0.3, -0.25) is 9.36 Å². The molecule has 1 atom stereocenters. The molecule has 0 saturated carbocycles. The number of carbonyl (C=O) groups is 2. The highest BCUT2D eigenvalue weighted by molar-refractivity contribution is 7.55. The average molecular weight is 267 g/mol. The SMILES string of the molecule is CCOP(=O)(OCC)C(NC(C)=O)C(=O)OC. The number of ether oxygens (including phenoxy) is 1. The fourth-order valence-corrected chi connectivity index (χ4v) is 2.91. The van der Waals surface area contributed by atoms with Crippen LogP contribution in [0, 0.1) is 0 Å². The minimum Gasteiger partial charge on any atom is -0.467 e. The van der Waals surface area contributed by atoms with E-state index in [1.165, 1.54) is 6.92 Å². The molecule has 0 rings (SSSR count). The first-order chi connectivity index (χ1) is 7.91. The molecule has 0 bridgehead atoms. The van der Waals surface area contributed by atoms with E-state index in [0.29, 0.717) is 0 Å². The van der Waals surface area contributed by atoms with Crippen molar-refractivity contribution in [3.63, 3.8) is 0 Å². The van der Waals surface area contributed by atoms with Crippen molar-refractivity contribution in [3.8, 4) is 0 Å². The third kappa shape index (κ3) is 4.85. The maximum Gasteiger partial charge on any atom is 0.364 e. The number of hydrogen-bond acceptors (Lipinski definition) is 6. The zero-order valence-corrected chi connectivity index (χ0v) is 11.3. The molecule has 0 aliphatic heterocycles. The standard InChI is InChI=1S/C9H18NO6P/c1-5-15-17(13,16-6-2)8(9(12)14-4)10-7(3)11/h8H,5-6H2,1-4H3,(H,10,11). The molecular weight excluding hydrogens is 249 g/mol. The summed E-state index contributed by atoms with van der Waals surface area (Å²) >= 11 is 0. The minimum absolute atomic E-state index is 0.0877. The van der Waals surface area contributed by atoms with Crippen molar-refractivity contribution in [2.75, 3.05) is 20.3 Å². The predicted octanol–water partition coefficient (Wildman–Crippen LogP) is 0.888. The van der Waals surface area contributed by atoms with Crippen molar-refractivity contribution in [2.45, 2.75) is 26.6 Å². The van der Waals surface area contributed by atoms with Crippen LogP contribution >= 0.6 is 7.60 Å². The van der Waals surface area contributed by atoms with Crippen molar-refractivity contribution in [3.05, 3.63) is 0 Å². The number of nitrogens with one attached hydrogen (secondary N) is 1. The molecule has 0 aromatic carbocycles. The second-order valence-electron chi connectivity index (χ2n) is 3.00. The Bertz CT molecular complexity index is 309. The first kappa shape index (κ1) is 16.1. The van der Waals surface area contributed by atoms with Crippen LogP contribution in [-0.4, -0.2) is 38.0 Å². The summed E-state index contributed by atoms with van der Waals surface area (Å²) in [5.74, 6) is -2.84. The van der Waals surface area contributed by atoms with Gasteiger partial charge < -0.3 is 19.1 Å². The van der Waals surface area contributed by atoms with Crippen LogP contribution in [0.25, 0.3) is 0 Å². The second-order valence-corrected chi connectivity index (χ2v) is 5.11. The highest BCUT2D eigenvalue weighted by Gasteiger charge is 2.42. The molecule has 17 heavy (non-hydrogen) atoms. The number of methoxy groups -OCH3 is 1. The van der Waals surface area contributed by atoms with E-state index in [9.17, 15) is 14.2 Å². The second kappa shape index (κ2) is 7.42. The molecule has 0 aliphatic carbocycles. The van der Waals surface area contributed by atoms with E-state index in [1.54, 1.807) is 13.8 Å². The van der Waals surface area contributed by atoms with Gasteiger partial charge in [0.25, 0.3) is 0 Å². The molecule has 100 valence electrons. The quantitative estimate of drug-likeness (QED) is 0.544. The summed E-state index contributed by atoms with van der Waals surface area (Å²) in [6.45, 7) is 4.58. The molecule has 1 N–H and O–H groups in total. The molecule has 0 aromatic rings. The van der Waals surface area contributed by atoms with Gasteiger partial charge in [-0.2, -0.15) is 0 Å². The number of esters is 1. The summed E-state index contributed by atoms with van der Waals surface area (Å²) in [4.78, 5) is 22.5. The van der Waals surface area contributed by atoms with Gasteiger partial charge in [-0.15, -0.1) is 0 Å². The summed E-state index contributed by atoms with van der Waals surface area (Å²) in [6, 6.07) is 0. The Hall–Kier alpha value is -0.910. The summed E-state index contributed by atoms with van der Waals surface area (Å²) < 4.78 is 26.7. The van der Waals surface area contributed by atoms with Gasteiger partial charge in [0.2, 0.25) is 11.7 Å². The van der Waals surface area contributed by atoms with Gasteiger partial charge >= 0.3 is 13.6 Å². The van der Waals surface area contributed by atoms with Gasteiger partial charge in [-0.1, -0.05) is 0 Å². The summed E-state index contributed by atoms with van der Waals surface area (Å²) in [5, 5.41) is 2.21. The lowest BCUT2D eigenvalue weighted by molar-refractivity contribution is -0.142. The van der Waals surface area contributed by atoms with E-state index in [-0.39, 0.29) is 13.2 Å². The first-order valence-corrected chi connectivity index (χ1v) is 6.76. The average Bonchev–Trinajstić information content (AvgIpc) is 2.25. The molecule has 0 aromatic heterocycles. The molecule has 0 saturated heterocycles. The van der Waals surface area contributed by atoms with E-state index in [1.807, 2.05) is 0 Å². The zero-order valence-electron chi connectivity index (χ0n) is 10.4. The Morgan fingerprint density at radius 1 is 1.24 bits per heavy atom. The van der Waals surface area contributed by atoms with Crippen LogP contribution in [0.2, 0.25) is 0 Å². The molecular formula is C9H18NO6P. The minimum atomic E-state index is -3.76. The summed E-state index contributed by atoms with van der Waals surface area (Å²) in [5.41, 5.74) is 0. The third-order valence-electron chi connectivity index (χ3n) is 1.70. The fraction of sp³-hybridized carbons (Fsp3) is 0.778. The molecule has 1 amide bonds. The lowest BCUT2D eigenvalue weighted by Gasteiger charge is -2.24. The number of hydrogen-bond donors (Lipinski definition) is 1. The maximum absolute atomic E-state index is 12.3. The Kier molecular flexibility index (Phi) is 7.03. The monoisotopic (exact) mass is 267 g/mol. The van der Waals surface area contributed by atoms with E-state index in [4.69, 9.17) is 9.05 Å².